The molecule has 0 aliphatic carbocycles. The van der Waals surface area contributed by atoms with Crippen molar-refractivity contribution in [1.29, 1.82) is 0 Å². The number of nitrogens with zero attached hydrogens (tertiary/aromatic N) is 1. The topological polar surface area (TPSA) is 65.1 Å². The Bertz CT molecular complexity index is 875. The number of benzene rings is 2. The quantitative estimate of drug-likeness (QED) is 0.442. The Morgan fingerprint density at radius 2 is 1.86 bits per heavy atom. The first-order valence-corrected chi connectivity index (χ1v) is 9.39. The van der Waals surface area contributed by atoms with Crippen LogP contribution < -0.4 is 14.4 Å². The van der Waals surface area contributed by atoms with Gasteiger partial charge in [-0.15, -0.1) is 0 Å². The molecule has 29 heavy (non-hydrogen) atoms. The Morgan fingerprint density at radius 1 is 1.10 bits per heavy atom. The molecule has 0 saturated carbocycles. The lowest BCUT2D eigenvalue weighted by molar-refractivity contribution is -0.140. The Labute approximate surface area is 171 Å². The number of hydrogen-bond donors (Lipinski definition) is 0. The normalized spacial score (nSPS) is 11.0. The third-order valence-corrected chi connectivity index (χ3v) is 4.68. The van der Waals surface area contributed by atoms with E-state index in [-0.39, 0.29) is 5.97 Å². The first-order chi connectivity index (χ1) is 14.0. The van der Waals surface area contributed by atoms with Crippen LogP contribution in [0.2, 0.25) is 0 Å². The van der Waals surface area contributed by atoms with E-state index < -0.39 is 0 Å². The van der Waals surface area contributed by atoms with Crippen LogP contribution in [-0.2, 0) is 20.7 Å². The van der Waals surface area contributed by atoms with Crippen LogP contribution in [0.3, 0.4) is 0 Å². The van der Waals surface area contributed by atoms with Crippen molar-refractivity contribution < 1.29 is 23.8 Å². The number of carbonyl (C=O) groups is 2. The minimum atomic E-state index is -0.222. The molecule has 0 aliphatic rings. The second-order valence-electron chi connectivity index (χ2n) is 6.37. The molecular weight excluding hydrogens is 370 g/mol. The van der Waals surface area contributed by atoms with Gasteiger partial charge >= 0.3 is 5.97 Å². The van der Waals surface area contributed by atoms with Crippen molar-refractivity contribution in [2.75, 3.05) is 26.2 Å². The number of esters is 1. The van der Waals surface area contributed by atoms with E-state index in [1.807, 2.05) is 61.3 Å². The number of aryl methyl sites for hydroxylation is 1. The molecule has 0 N–H and O–H groups in total. The van der Waals surface area contributed by atoms with Crippen LogP contribution in [0.4, 0.5) is 5.69 Å². The van der Waals surface area contributed by atoms with Crippen LogP contribution in [0.5, 0.6) is 11.5 Å². The predicted molar refractivity (Wildman–Crippen MR) is 113 cm³/mol. The van der Waals surface area contributed by atoms with Gasteiger partial charge in [0.1, 0.15) is 11.5 Å². The van der Waals surface area contributed by atoms with E-state index in [1.165, 1.54) is 7.11 Å². The molecule has 0 saturated heterocycles. The lowest BCUT2D eigenvalue weighted by Gasteiger charge is -2.25. The van der Waals surface area contributed by atoms with Gasteiger partial charge in [-0.05, 0) is 55.7 Å². The summed E-state index contributed by atoms with van der Waals surface area (Å²) in [5, 5.41) is 0. The molecule has 0 aromatic heterocycles. The maximum atomic E-state index is 11.4. The van der Waals surface area contributed by atoms with Crippen molar-refractivity contribution in [3.63, 3.8) is 0 Å². The van der Waals surface area contributed by atoms with Gasteiger partial charge in [0.2, 0.25) is 0 Å². The molecule has 0 bridgehead atoms. The number of anilines is 1. The van der Waals surface area contributed by atoms with Gasteiger partial charge in [-0.1, -0.05) is 18.2 Å². The summed E-state index contributed by atoms with van der Waals surface area (Å²) >= 11 is 0. The summed E-state index contributed by atoms with van der Waals surface area (Å²) in [6.45, 7) is 2.36. The summed E-state index contributed by atoms with van der Waals surface area (Å²) in [4.78, 5) is 24.3. The van der Waals surface area contributed by atoms with E-state index in [9.17, 15) is 9.59 Å². The number of hydrogen-bond acceptors (Lipinski definition) is 6. The number of carbonyl (C=O) groups excluding carboxylic acids is 2. The number of methoxy groups -OCH3 is 2. The lowest BCUT2D eigenvalue weighted by Crippen LogP contribution is -2.16. The molecule has 154 valence electrons. The fourth-order valence-corrected chi connectivity index (χ4v) is 3.20. The van der Waals surface area contributed by atoms with E-state index in [1.54, 1.807) is 13.2 Å². The van der Waals surface area contributed by atoms with Crippen LogP contribution in [-0.4, -0.2) is 33.7 Å². The average molecular weight is 397 g/mol. The third kappa shape index (κ3) is 5.60. The van der Waals surface area contributed by atoms with Gasteiger partial charge in [-0.3, -0.25) is 9.59 Å². The lowest BCUT2D eigenvalue weighted by atomic mass is 10.0. The monoisotopic (exact) mass is 397 g/mol. The smallest absolute Gasteiger partial charge is 0.305 e. The molecule has 0 spiro atoms. The molecule has 0 fully saturated rings. The fraction of sp³-hybridized carbons (Fsp3) is 0.304. The molecule has 0 atom stereocenters. The molecule has 0 radical (unpaired) electrons. The second-order valence-corrected chi connectivity index (χ2v) is 6.37. The highest BCUT2D eigenvalue weighted by Gasteiger charge is 2.15. The van der Waals surface area contributed by atoms with Crippen molar-refractivity contribution in [2.45, 2.75) is 26.2 Å². The SMILES string of the molecule is C/C=C(\c1ccccc1OC=O)N(C)c1ccc(OC)c(CCCC(=O)OC)c1. The average Bonchev–Trinajstić information content (AvgIpc) is 2.75. The second kappa shape index (κ2) is 10.9. The molecule has 0 heterocycles. The van der Waals surface area contributed by atoms with Crippen molar-refractivity contribution in [2.24, 2.45) is 0 Å². The van der Waals surface area contributed by atoms with Gasteiger partial charge in [-0.25, -0.2) is 0 Å². The molecular formula is C23H27NO5. The van der Waals surface area contributed by atoms with Crippen molar-refractivity contribution >= 4 is 23.8 Å². The van der Waals surface area contributed by atoms with Crippen LogP contribution >= 0.6 is 0 Å². The molecule has 2 rings (SSSR count). The first-order valence-electron chi connectivity index (χ1n) is 9.39. The van der Waals surface area contributed by atoms with Crippen LogP contribution in [0.1, 0.15) is 30.9 Å². The van der Waals surface area contributed by atoms with E-state index in [0.717, 1.165) is 28.3 Å². The summed E-state index contributed by atoms with van der Waals surface area (Å²) in [6, 6.07) is 13.3. The largest absolute Gasteiger partial charge is 0.496 e. The highest BCUT2D eigenvalue weighted by molar-refractivity contribution is 5.82. The van der Waals surface area contributed by atoms with Crippen molar-refractivity contribution in [3.05, 3.63) is 59.7 Å². The minimum absolute atomic E-state index is 0.222. The summed E-state index contributed by atoms with van der Waals surface area (Å²) in [6.07, 6.45) is 3.68. The maximum absolute atomic E-state index is 11.4. The van der Waals surface area contributed by atoms with Gasteiger partial charge in [0.15, 0.2) is 0 Å². The van der Waals surface area contributed by atoms with Crippen LogP contribution in [0.25, 0.3) is 5.70 Å². The third-order valence-electron chi connectivity index (χ3n) is 4.68. The molecule has 2 aromatic carbocycles. The summed E-state index contributed by atoms with van der Waals surface area (Å²) in [5.41, 5.74) is 3.67. The van der Waals surface area contributed by atoms with Crippen molar-refractivity contribution in [3.8, 4) is 11.5 Å². The number of allylic oxidation sites excluding steroid dienone is 1. The first kappa shape index (κ1) is 22.0. The van der Waals surface area contributed by atoms with Gasteiger partial charge in [0, 0.05) is 30.4 Å². The van der Waals surface area contributed by atoms with E-state index in [2.05, 4.69) is 0 Å². The Kier molecular flexibility index (Phi) is 8.27. The zero-order valence-corrected chi connectivity index (χ0v) is 17.3. The Hall–Kier alpha value is -3.28. The molecule has 6 nitrogen and oxygen atoms in total. The number of para-hydroxylation sites is 1. The predicted octanol–water partition coefficient (Wildman–Crippen LogP) is 4.22. The molecule has 0 unspecified atom stereocenters. The summed E-state index contributed by atoms with van der Waals surface area (Å²) in [7, 11) is 4.98. The Morgan fingerprint density at radius 3 is 2.52 bits per heavy atom. The zero-order valence-electron chi connectivity index (χ0n) is 17.3. The highest BCUT2D eigenvalue weighted by Crippen LogP contribution is 2.33. The highest BCUT2D eigenvalue weighted by atomic mass is 16.5. The fourth-order valence-electron chi connectivity index (χ4n) is 3.20. The van der Waals surface area contributed by atoms with Crippen LogP contribution in [0.15, 0.2) is 48.5 Å². The number of rotatable bonds is 10. The van der Waals surface area contributed by atoms with E-state index >= 15 is 0 Å². The standard InChI is InChI=1S/C23H27NO5/c1-5-20(19-10-6-7-11-22(19)29-16-25)24(2)18-13-14-21(27-3)17(15-18)9-8-12-23(26)28-4/h5-7,10-11,13-16H,8-9,12H2,1-4H3/b20-5+. The van der Waals surface area contributed by atoms with E-state index in [0.29, 0.717) is 31.5 Å². The molecule has 2 aromatic rings. The maximum Gasteiger partial charge on any atom is 0.305 e. The molecule has 0 amide bonds. The van der Waals surface area contributed by atoms with Gasteiger partial charge < -0.3 is 19.1 Å². The van der Waals surface area contributed by atoms with Gasteiger partial charge in [0.25, 0.3) is 6.47 Å². The molecule has 0 aliphatic heterocycles. The summed E-state index contributed by atoms with van der Waals surface area (Å²) in [5.74, 6) is 1.05. The molecule has 6 heteroatoms. The van der Waals surface area contributed by atoms with Gasteiger partial charge in [-0.2, -0.15) is 0 Å². The van der Waals surface area contributed by atoms with E-state index in [4.69, 9.17) is 14.2 Å². The zero-order chi connectivity index (χ0) is 21.2. The van der Waals surface area contributed by atoms with Crippen molar-refractivity contribution in [1.82, 2.24) is 0 Å². The number of ether oxygens (including phenoxy) is 3. The minimum Gasteiger partial charge on any atom is -0.496 e. The summed E-state index contributed by atoms with van der Waals surface area (Å²) < 4.78 is 15.3. The van der Waals surface area contributed by atoms with Crippen LogP contribution in [0, 0.1) is 0 Å². The van der Waals surface area contributed by atoms with Gasteiger partial charge in [0.05, 0.1) is 14.2 Å². The Balaban J connectivity index is 2.31.